The zero-order chi connectivity index (χ0) is 15.2. The molecule has 6 nitrogen and oxygen atoms in total. The second-order valence-corrected chi connectivity index (χ2v) is 5.59. The van der Waals surface area contributed by atoms with Crippen LogP contribution in [0, 0.1) is 0 Å². The molecule has 3 amide bonds. The van der Waals surface area contributed by atoms with E-state index in [-0.39, 0.29) is 0 Å². The molecule has 1 aromatic carbocycles. The second-order valence-electron chi connectivity index (χ2n) is 4.28. The second kappa shape index (κ2) is 7.12. The highest BCUT2D eigenvalue weighted by Gasteiger charge is 2.27. The van der Waals surface area contributed by atoms with Crippen LogP contribution in [0.15, 0.2) is 29.2 Å². The van der Waals surface area contributed by atoms with Gasteiger partial charge in [0.1, 0.15) is 0 Å². The van der Waals surface area contributed by atoms with Gasteiger partial charge in [-0.3, -0.25) is 9.69 Å². The topological polar surface area (TPSA) is 75.7 Å². The number of hydrogen-bond donors (Lipinski definition) is 1. The van der Waals surface area contributed by atoms with Crippen LogP contribution in [0.3, 0.4) is 0 Å². The number of amides is 3. The fraction of sp³-hybridized carbons (Fsp3) is 0.357. The molecule has 0 aromatic heterocycles. The number of carbonyl (C=O) groups excluding carboxylic acids is 3. The predicted molar refractivity (Wildman–Crippen MR) is 78.2 cm³/mol. The van der Waals surface area contributed by atoms with E-state index in [0.29, 0.717) is 18.7 Å². The molecule has 21 heavy (non-hydrogen) atoms. The van der Waals surface area contributed by atoms with Crippen LogP contribution in [0.5, 0.6) is 0 Å². The number of hydrogen-bond acceptors (Lipinski definition) is 5. The number of ether oxygens (including phenoxy) is 1. The maximum atomic E-state index is 12.0. The maximum Gasteiger partial charge on any atom is 0.339 e. The van der Waals surface area contributed by atoms with E-state index in [1.54, 1.807) is 12.1 Å². The Kier molecular flexibility index (Phi) is 5.21. The summed E-state index contributed by atoms with van der Waals surface area (Å²) in [4.78, 5) is 37.0. The third-order valence-corrected chi connectivity index (χ3v) is 3.85. The monoisotopic (exact) mass is 308 g/mol. The first kappa shape index (κ1) is 15.4. The van der Waals surface area contributed by atoms with Gasteiger partial charge in [0.15, 0.2) is 6.61 Å². The quantitative estimate of drug-likeness (QED) is 0.659. The van der Waals surface area contributed by atoms with Gasteiger partial charge < -0.3 is 10.1 Å². The van der Waals surface area contributed by atoms with E-state index in [0.717, 1.165) is 15.5 Å². The van der Waals surface area contributed by atoms with Crippen molar-refractivity contribution in [3.63, 3.8) is 0 Å². The molecule has 1 N–H and O–H groups in total. The van der Waals surface area contributed by atoms with Gasteiger partial charge in [-0.15, -0.1) is 11.8 Å². The van der Waals surface area contributed by atoms with Crippen molar-refractivity contribution in [1.29, 1.82) is 0 Å². The summed E-state index contributed by atoms with van der Waals surface area (Å²) in [6.45, 7) is 2.28. The number of thioether (sulfide) groups is 1. The van der Waals surface area contributed by atoms with Crippen LogP contribution >= 0.6 is 11.8 Å². The summed E-state index contributed by atoms with van der Waals surface area (Å²) in [7, 11) is 0. The summed E-state index contributed by atoms with van der Waals surface area (Å²) in [5.74, 6) is -0.240. The molecule has 0 spiro atoms. The van der Waals surface area contributed by atoms with E-state index in [1.165, 1.54) is 11.8 Å². The standard InChI is InChI=1S/C14H16N2O4S/c1-2-21-11-6-4-3-5-10(11)13(18)20-9-12(17)16-8-7-15-14(16)19/h3-6H,2,7-9H2,1H3,(H,15,19). The molecule has 1 aromatic rings. The highest BCUT2D eigenvalue weighted by Crippen LogP contribution is 2.22. The molecule has 0 aliphatic carbocycles. The van der Waals surface area contributed by atoms with Crippen molar-refractivity contribution in [3.8, 4) is 0 Å². The van der Waals surface area contributed by atoms with Gasteiger partial charge in [0.25, 0.3) is 5.91 Å². The largest absolute Gasteiger partial charge is 0.452 e. The SMILES string of the molecule is CCSc1ccccc1C(=O)OCC(=O)N1CCNC1=O. The van der Waals surface area contributed by atoms with Crippen molar-refractivity contribution in [2.45, 2.75) is 11.8 Å². The lowest BCUT2D eigenvalue weighted by molar-refractivity contribution is -0.130. The molecule has 0 atom stereocenters. The lowest BCUT2D eigenvalue weighted by Crippen LogP contribution is -2.37. The Morgan fingerprint density at radius 1 is 1.38 bits per heavy atom. The Morgan fingerprint density at radius 2 is 2.14 bits per heavy atom. The van der Waals surface area contributed by atoms with Crippen LogP contribution in [0.25, 0.3) is 0 Å². The van der Waals surface area contributed by atoms with Crippen LogP contribution in [0.1, 0.15) is 17.3 Å². The minimum absolute atomic E-state index is 0.303. The average Bonchev–Trinajstić information content (AvgIpc) is 2.91. The molecule has 0 radical (unpaired) electrons. The Morgan fingerprint density at radius 3 is 2.81 bits per heavy atom. The van der Waals surface area contributed by atoms with Crippen molar-refractivity contribution >= 4 is 29.7 Å². The van der Waals surface area contributed by atoms with Crippen LogP contribution in [0.4, 0.5) is 4.79 Å². The smallest absolute Gasteiger partial charge is 0.339 e. The van der Waals surface area contributed by atoms with E-state index in [2.05, 4.69) is 5.32 Å². The van der Waals surface area contributed by atoms with Gasteiger partial charge >= 0.3 is 12.0 Å². The number of imide groups is 1. The molecular weight excluding hydrogens is 292 g/mol. The van der Waals surface area contributed by atoms with Crippen LogP contribution in [0.2, 0.25) is 0 Å². The van der Waals surface area contributed by atoms with Crippen molar-refractivity contribution in [2.75, 3.05) is 25.4 Å². The maximum absolute atomic E-state index is 12.0. The van der Waals surface area contributed by atoms with Gasteiger partial charge in [0, 0.05) is 18.0 Å². The molecule has 1 aliphatic rings. The van der Waals surface area contributed by atoms with Crippen molar-refractivity contribution in [2.24, 2.45) is 0 Å². The lowest BCUT2D eigenvalue weighted by Gasteiger charge is -2.13. The number of rotatable bonds is 5. The van der Waals surface area contributed by atoms with E-state index >= 15 is 0 Å². The summed E-state index contributed by atoms with van der Waals surface area (Å²) in [5, 5.41) is 2.52. The molecule has 1 aliphatic heterocycles. The zero-order valence-electron chi connectivity index (χ0n) is 11.6. The van der Waals surface area contributed by atoms with Gasteiger partial charge in [-0.05, 0) is 17.9 Å². The molecule has 1 fully saturated rings. The van der Waals surface area contributed by atoms with E-state index in [9.17, 15) is 14.4 Å². The fourth-order valence-electron chi connectivity index (χ4n) is 1.91. The molecule has 2 rings (SSSR count). The van der Waals surface area contributed by atoms with Gasteiger partial charge in [0.2, 0.25) is 0 Å². The summed E-state index contributed by atoms with van der Waals surface area (Å²) in [5.41, 5.74) is 0.433. The van der Waals surface area contributed by atoms with Gasteiger partial charge in [0.05, 0.1) is 5.56 Å². The minimum Gasteiger partial charge on any atom is -0.452 e. The number of carbonyl (C=O) groups is 3. The number of nitrogens with one attached hydrogen (secondary N) is 1. The number of urea groups is 1. The van der Waals surface area contributed by atoms with E-state index < -0.39 is 24.5 Å². The Bertz CT molecular complexity index is 562. The predicted octanol–water partition coefficient (Wildman–Crippen LogP) is 1.51. The summed E-state index contributed by atoms with van der Waals surface area (Å²) in [6.07, 6.45) is 0. The fourth-order valence-corrected chi connectivity index (χ4v) is 2.70. The van der Waals surface area contributed by atoms with Crippen molar-refractivity contribution in [1.82, 2.24) is 10.2 Å². The molecule has 1 heterocycles. The first-order chi connectivity index (χ1) is 10.1. The van der Waals surface area contributed by atoms with Gasteiger partial charge in [-0.1, -0.05) is 19.1 Å². The molecule has 0 unspecified atom stereocenters. The Labute approximate surface area is 126 Å². The molecule has 0 saturated carbocycles. The number of benzene rings is 1. The Hall–Kier alpha value is -2.02. The normalized spacial score (nSPS) is 14.0. The van der Waals surface area contributed by atoms with Gasteiger partial charge in [-0.2, -0.15) is 0 Å². The molecule has 1 saturated heterocycles. The molecule has 112 valence electrons. The third kappa shape index (κ3) is 3.75. The molecule has 7 heteroatoms. The number of nitrogens with zero attached hydrogens (tertiary/aromatic N) is 1. The highest BCUT2D eigenvalue weighted by molar-refractivity contribution is 7.99. The van der Waals surface area contributed by atoms with Crippen LogP contribution in [-0.4, -0.2) is 48.3 Å². The third-order valence-electron chi connectivity index (χ3n) is 2.89. The first-order valence-corrected chi connectivity index (χ1v) is 7.59. The summed E-state index contributed by atoms with van der Waals surface area (Å²) >= 11 is 1.53. The highest BCUT2D eigenvalue weighted by atomic mass is 32.2. The van der Waals surface area contributed by atoms with Crippen LogP contribution < -0.4 is 5.32 Å². The lowest BCUT2D eigenvalue weighted by atomic mass is 10.2. The summed E-state index contributed by atoms with van der Waals surface area (Å²) in [6, 6.07) is 6.63. The van der Waals surface area contributed by atoms with E-state index in [4.69, 9.17) is 4.74 Å². The minimum atomic E-state index is -0.556. The van der Waals surface area contributed by atoms with Crippen molar-refractivity contribution < 1.29 is 19.1 Å². The molecule has 0 bridgehead atoms. The summed E-state index contributed by atoms with van der Waals surface area (Å²) < 4.78 is 5.01. The number of esters is 1. The average molecular weight is 308 g/mol. The first-order valence-electron chi connectivity index (χ1n) is 6.60. The van der Waals surface area contributed by atoms with Crippen molar-refractivity contribution in [3.05, 3.63) is 29.8 Å². The van der Waals surface area contributed by atoms with Crippen LogP contribution in [-0.2, 0) is 9.53 Å². The zero-order valence-corrected chi connectivity index (χ0v) is 12.4. The van der Waals surface area contributed by atoms with Gasteiger partial charge in [-0.25, -0.2) is 9.59 Å². The molecular formula is C14H16N2O4S. The van der Waals surface area contributed by atoms with E-state index in [1.807, 2.05) is 19.1 Å². The Balaban J connectivity index is 1.95.